The van der Waals surface area contributed by atoms with E-state index in [9.17, 15) is 9.59 Å². The number of amides is 2. The van der Waals surface area contributed by atoms with Crippen LogP contribution in [0.4, 0.5) is 5.69 Å². The summed E-state index contributed by atoms with van der Waals surface area (Å²) in [6, 6.07) is 5.18. The minimum absolute atomic E-state index is 0.233. The molecule has 162 valence electrons. The number of carbonyl (C=O) groups is 2. The molecule has 0 aliphatic rings. The monoisotopic (exact) mass is 510 g/mol. The molecule has 9 heteroatoms. The average Bonchev–Trinajstić information content (AvgIpc) is 2.72. The van der Waals surface area contributed by atoms with Crippen molar-refractivity contribution < 1.29 is 9.59 Å². The van der Waals surface area contributed by atoms with E-state index in [1.807, 2.05) is 38.3 Å². The SMILES string of the molecule is CCCSc1ncc(Br)c(C(=O)NC(CCSC)C(=O)Nc2ccc(C)cc2C)n1. The second-order valence-electron chi connectivity index (χ2n) is 6.81. The van der Waals surface area contributed by atoms with E-state index in [1.165, 1.54) is 11.8 Å². The van der Waals surface area contributed by atoms with Crippen LogP contribution in [-0.2, 0) is 4.79 Å². The summed E-state index contributed by atoms with van der Waals surface area (Å²) in [5.41, 5.74) is 3.09. The fraction of sp³-hybridized carbons (Fsp3) is 0.429. The summed E-state index contributed by atoms with van der Waals surface area (Å²) in [7, 11) is 0. The Hall–Kier alpha value is -1.58. The van der Waals surface area contributed by atoms with Crippen LogP contribution in [0.5, 0.6) is 0 Å². The van der Waals surface area contributed by atoms with Gasteiger partial charge in [-0.15, -0.1) is 0 Å². The van der Waals surface area contributed by atoms with E-state index >= 15 is 0 Å². The summed E-state index contributed by atoms with van der Waals surface area (Å²) in [5.74, 6) is 0.977. The first kappa shape index (κ1) is 24.7. The lowest BCUT2D eigenvalue weighted by atomic mass is 10.1. The number of hydrogen-bond acceptors (Lipinski definition) is 6. The summed E-state index contributed by atoms with van der Waals surface area (Å²) in [6.45, 7) is 6.03. The number of halogens is 1. The number of hydrogen-bond donors (Lipinski definition) is 2. The van der Waals surface area contributed by atoms with Gasteiger partial charge in [0.25, 0.3) is 5.91 Å². The predicted octanol–water partition coefficient (Wildman–Crippen LogP) is 4.85. The molecule has 0 radical (unpaired) electrons. The lowest BCUT2D eigenvalue weighted by molar-refractivity contribution is -0.118. The zero-order valence-electron chi connectivity index (χ0n) is 17.6. The number of carbonyl (C=O) groups excluding carboxylic acids is 2. The topological polar surface area (TPSA) is 84.0 Å². The highest BCUT2D eigenvalue weighted by Gasteiger charge is 2.24. The minimum Gasteiger partial charge on any atom is -0.339 e. The summed E-state index contributed by atoms with van der Waals surface area (Å²) >= 11 is 6.47. The van der Waals surface area contributed by atoms with Gasteiger partial charge in [-0.25, -0.2) is 9.97 Å². The molecule has 0 aliphatic carbocycles. The highest BCUT2D eigenvalue weighted by atomic mass is 79.9. The van der Waals surface area contributed by atoms with Crippen LogP contribution in [0.1, 0.15) is 41.4 Å². The van der Waals surface area contributed by atoms with Crippen molar-refractivity contribution in [3.63, 3.8) is 0 Å². The van der Waals surface area contributed by atoms with Crippen molar-refractivity contribution in [2.75, 3.05) is 23.1 Å². The van der Waals surface area contributed by atoms with E-state index in [2.05, 4.69) is 43.5 Å². The molecule has 6 nitrogen and oxygen atoms in total. The van der Waals surface area contributed by atoms with Gasteiger partial charge >= 0.3 is 0 Å². The maximum Gasteiger partial charge on any atom is 0.271 e. The van der Waals surface area contributed by atoms with Gasteiger partial charge in [0.1, 0.15) is 11.7 Å². The predicted molar refractivity (Wildman–Crippen MR) is 130 cm³/mol. The maximum atomic E-state index is 12.9. The van der Waals surface area contributed by atoms with Crippen molar-refractivity contribution in [3.05, 3.63) is 45.7 Å². The summed E-state index contributed by atoms with van der Waals surface area (Å²) < 4.78 is 0.499. The van der Waals surface area contributed by atoms with Crippen LogP contribution in [0, 0.1) is 13.8 Å². The number of thioether (sulfide) groups is 2. The zero-order valence-corrected chi connectivity index (χ0v) is 20.8. The fourth-order valence-corrected chi connectivity index (χ4v) is 4.19. The van der Waals surface area contributed by atoms with Crippen molar-refractivity contribution in [1.82, 2.24) is 15.3 Å². The molecule has 2 rings (SSSR count). The van der Waals surface area contributed by atoms with Crippen molar-refractivity contribution >= 4 is 57.0 Å². The van der Waals surface area contributed by atoms with Crippen LogP contribution < -0.4 is 10.6 Å². The molecule has 0 saturated heterocycles. The van der Waals surface area contributed by atoms with Crippen molar-refractivity contribution in [3.8, 4) is 0 Å². The Labute approximate surface area is 194 Å². The molecule has 30 heavy (non-hydrogen) atoms. The Kier molecular flexibility index (Phi) is 10.1. The zero-order chi connectivity index (χ0) is 22.1. The largest absolute Gasteiger partial charge is 0.339 e. The quantitative estimate of drug-likeness (QED) is 0.351. The summed E-state index contributed by atoms with van der Waals surface area (Å²) in [6.07, 6.45) is 5.05. The van der Waals surface area contributed by atoms with Gasteiger partial charge in [-0.1, -0.05) is 36.4 Å². The second kappa shape index (κ2) is 12.3. The molecule has 1 aromatic carbocycles. The summed E-state index contributed by atoms with van der Waals surface area (Å²) in [4.78, 5) is 34.4. The van der Waals surface area contributed by atoms with E-state index in [0.717, 1.165) is 34.7 Å². The number of nitrogens with zero attached hydrogens (tertiary/aromatic N) is 2. The Morgan fingerprint density at radius 3 is 2.67 bits per heavy atom. The lowest BCUT2D eigenvalue weighted by Gasteiger charge is -2.19. The Bertz CT molecular complexity index is 895. The molecule has 1 atom stereocenters. The molecular weight excluding hydrogens is 484 g/mol. The number of nitrogens with one attached hydrogen (secondary N) is 2. The van der Waals surface area contributed by atoms with Crippen LogP contribution >= 0.6 is 39.5 Å². The number of aryl methyl sites for hydroxylation is 2. The second-order valence-corrected chi connectivity index (χ2v) is 9.71. The van der Waals surface area contributed by atoms with Crippen LogP contribution in [0.15, 0.2) is 34.0 Å². The first-order chi connectivity index (χ1) is 14.3. The van der Waals surface area contributed by atoms with Gasteiger partial charge in [0.05, 0.1) is 4.47 Å². The minimum atomic E-state index is -0.667. The van der Waals surface area contributed by atoms with Crippen LogP contribution in [-0.4, -0.2) is 45.6 Å². The molecule has 2 amide bonds. The average molecular weight is 512 g/mol. The summed E-state index contributed by atoms with van der Waals surface area (Å²) in [5, 5.41) is 6.34. The smallest absolute Gasteiger partial charge is 0.271 e. The molecule has 1 heterocycles. The highest BCUT2D eigenvalue weighted by Crippen LogP contribution is 2.20. The van der Waals surface area contributed by atoms with E-state index in [0.29, 0.717) is 16.0 Å². The van der Waals surface area contributed by atoms with Gasteiger partial charge in [0, 0.05) is 17.6 Å². The Morgan fingerprint density at radius 2 is 2.00 bits per heavy atom. The first-order valence-corrected chi connectivity index (χ1v) is 12.9. The van der Waals surface area contributed by atoms with Crippen LogP contribution in [0.3, 0.4) is 0 Å². The molecule has 0 aliphatic heterocycles. The third-order valence-corrected chi connectivity index (χ3v) is 6.54. The fourth-order valence-electron chi connectivity index (χ4n) is 2.68. The highest BCUT2D eigenvalue weighted by molar-refractivity contribution is 9.10. The number of benzene rings is 1. The van der Waals surface area contributed by atoms with Gasteiger partial charge < -0.3 is 10.6 Å². The first-order valence-electron chi connectivity index (χ1n) is 9.69. The van der Waals surface area contributed by atoms with Crippen molar-refractivity contribution in [2.45, 2.75) is 44.8 Å². The van der Waals surface area contributed by atoms with Crippen LogP contribution in [0.2, 0.25) is 0 Å². The molecule has 1 aromatic heterocycles. The van der Waals surface area contributed by atoms with Gasteiger partial charge in [0.2, 0.25) is 5.91 Å². The normalized spacial score (nSPS) is 11.8. The molecule has 0 saturated carbocycles. The van der Waals surface area contributed by atoms with E-state index in [1.54, 1.807) is 18.0 Å². The third-order valence-electron chi connectivity index (χ3n) is 4.24. The molecular formula is C21H27BrN4O2S2. The molecule has 1 unspecified atom stereocenters. The molecule has 2 N–H and O–H groups in total. The van der Waals surface area contributed by atoms with Crippen LogP contribution in [0.25, 0.3) is 0 Å². The number of rotatable bonds is 10. The standard InChI is InChI=1S/C21H27BrN4O2S2/c1-5-9-30-21-23-12-15(22)18(26-21)20(28)25-17(8-10-29-4)19(27)24-16-7-6-13(2)11-14(16)3/h6-7,11-12,17H,5,8-10H2,1-4H3,(H,24,27)(H,25,28). The maximum absolute atomic E-state index is 12.9. The van der Waals surface area contributed by atoms with Crippen molar-refractivity contribution in [1.29, 1.82) is 0 Å². The number of aromatic nitrogens is 2. The Morgan fingerprint density at radius 1 is 1.23 bits per heavy atom. The molecule has 0 bridgehead atoms. The van der Waals surface area contributed by atoms with E-state index < -0.39 is 11.9 Å². The third kappa shape index (κ3) is 7.28. The van der Waals surface area contributed by atoms with E-state index in [-0.39, 0.29) is 11.6 Å². The molecule has 2 aromatic rings. The lowest BCUT2D eigenvalue weighted by Crippen LogP contribution is -2.44. The van der Waals surface area contributed by atoms with Gasteiger partial charge in [-0.3, -0.25) is 9.59 Å². The molecule has 0 fully saturated rings. The van der Waals surface area contributed by atoms with Gasteiger partial charge in [-0.2, -0.15) is 11.8 Å². The van der Waals surface area contributed by atoms with Gasteiger partial charge in [-0.05, 0) is 66.3 Å². The Balaban J connectivity index is 2.16. The number of anilines is 1. The van der Waals surface area contributed by atoms with Crippen molar-refractivity contribution in [2.24, 2.45) is 0 Å². The van der Waals surface area contributed by atoms with Gasteiger partial charge in [0.15, 0.2) is 5.16 Å². The molecule has 0 spiro atoms. The van der Waals surface area contributed by atoms with E-state index in [4.69, 9.17) is 0 Å².